The summed E-state index contributed by atoms with van der Waals surface area (Å²) in [5.41, 5.74) is 2.03. The van der Waals surface area contributed by atoms with E-state index >= 15 is 0 Å². The maximum absolute atomic E-state index is 12.9. The Kier molecular flexibility index (Phi) is 3.64. The maximum Gasteiger partial charge on any atom is 0.141 e. The highest BCUT2D eigenvalue weighted by Gasteiger charge is 2.01. The van der Waals surface area contributed by atoms with Gasteiger partial charge in [0.2, 0.25) is 0 Å². The molecule has 0 fully saturated rings. The van der Waals surface area contributed by atoms with Gasteiger partial charge in [0.05, 0.1) is 5.02 Å². The SMILES string of the molecule is Cc1ccc(OCc2ccc(F)c(Cl)c2)cc1. The van der Waals surface area contributed by atoms with Crippen LogP contribution in [0.2, 0.25) is 5.02 Å². The first-order valence-corrected chi connectivity index (χ1v) is 5.66. The van der Waals surface area contributed by atoms with Gasteiger partial charge in [-0.2, -0.15) is 0 Å². The number of hydrogen-bond donors (Lipinski definition) is 0. The van der Waals surface area contributed by atoms with Crippen LogP contribution in [0.4, 0.5) is 4.39 Å². The minimum atomic E-state index is -0.411. The average molecular weight is 251 g/mol. The van der Waals surface area contributed by atoms with Crippen molar-refractivity contribution in [3.05, 3.63) is 64.4 Å². The van der Waals surface area contributed by atoms with Crippen LogP contribution in [0.25, 0.3) is 0 Å². The lowest BCUT2D eigenvalue weighted by Crippen LogP contribution is -1.95. The first-order chi connectivity index (χ1) is 8.15. The molecule has 0 heterocycles. The summed E-state index contributed by atoms with van der Waals surface area (Å²) in [6, 6.07) is 12.3. The van der Waals surface area contributed by atoms with E-state index in [1.165, 1.54) is 11.6 Å². The van der Waals surface area contributed by atoms with Crippen LogP contribution in [0, 0.1) is 12.7 Å². The molecule has 0 aliphatic heterocycles. The van der Waals surface area contributed by atoms with Crippen LogP contribution < -0.4 is 4.74 Å². The third-order valence-electron chi connectivity index (χ3n) is 2.41. The molecule has 0 spiro atoms. The van der Waals surface area contributed by atoms with Crippen molar-refractivity contribution in [2.75, 3.05) is 0 Å². The molecule has 0 aromatic heterocycles. The fraction of sp³-hybridized carbons (Fsp3) is 0.143. The first-order valence-electron chi connectivity index (χ1n) is 5.28. The Labute approximate surface area is 105 Å². The van der Waals surface area contributed by atoms with Crippen molar-refractivity contribution in [3.63, 3.8) is 0 Å². The van der Waals surface area contributed by atoms with Gasteiger partial charge in [0.15, 0.2) is 0 Å². The summed E-state index contributed by atoms with van der Waals surface area (Å²) >= 11 is 5.69. The molecule has 3 heteroatoms. The zero-order valence-electron chi connectivity index (χ0n) is 9.41. The summed E-state index contributed by atoms with van der Waals surface area (Å²) in [7, 11) is 0. The number of rotatable bonds is 3. The Hall–Kier alpha value is -1.54. The molecule has 2 aromatic rings. The van der Waals surface area contributed by atoms with Gasteiger partial charge in [0.1, 0.15) is 18.2 Å². The third-order valence-corrected chi connectivity index (χ3v) is 2.70. The molecular formula is C14H12ClFO. The second-order valence-corrected chi connectivity index (χ2v) is 4.26. The van der Waals surface area contributed by atoms with Gasteiger partial charge in [-0.1, -0.05) is 35.4 Å². The van der Waals surface area contributed by atoms with Crippen molar-refractivity contribution in [2.45, 2.75) is 13.5 Å². The van der Waals surface area contributed by atoms with E-state index in [9.17, 15) is 4.39 Å². The van der Waals surface area contributed by atoms with E-state index in [0.29, 0.717) is 6.61 Å². The standard InChI is InChI=1S/C14H12ClFO/c1-10-2-5-12(6-3-10)17-9-11-4-7-14(16)13(15)8-11/h2-8H,9H2,1H3. The minimum Gasteiger partial charge on any atom is -0.489 e. The highest BCUT2D eigenvalue weighted by Crippen LogP contribution is 2.18. The molecule has 0 atom stereocenters. The van der Waals surface area contributed by atoms with Crippen LogP contribution >= 0.6 is 11.6 Å². The highest BCUT2D eigenvalue weighted by molar-refractivity contribution is 6.30. The Bertz CT molecular complexity index is 508. The van der Waals surface area contributed by atoms with Crippen molar-refractivity contribution in [1.29, 1.82) is 0 Å². The summed E-state index contributed by atoms with van der Waals surface area (Å²) in [6.45, 7) is 2.40. The molecule has 0 radical (unpaired) electrons. The second kappa shape index (κ2) is 5.19. The zero-order chi connectivity index (χ0) is 12.3. The van der Waals surface area contributed by atoms with Crippen LogP contribution in [0.1, 0.15) is 11.1 Å². The topological polar surface area (TPSA) is 9.23 Å². The number of halogens is 2. The molecule has 88 valence electrons. The summed E-state index contributed by atoms with van der Waals surface area (Å²) in [5, 5.41) is 0.120. The van der Waals surface area contributed by atoms with Crippen LogP contribution in [-0.2, 0) is 6.61 Å². The quantitative estimate of drug-likeness (QED) is 0.786. The Morgan fingerprint density at radius 1 is 1.12 bits per heavy atom. The minimum absolute atomic E-state index is 0.120. The number of aryl methyl sites for hydroxylation is 1. The molecule has 0 bridgehead atoms. The van der Waals surface area contributed by atoms with E-state index in [4.69, 9.17) is 16.3 Å². The lowest BCUT2D eigenvalue weighted by atomic mass is 10.2. The highest BCUT2D eigenvalue weighted by atomic mass is 35.5. The van der Waals surface area contributed by atoms with Crippen molar-refractivity contribution >= 4 is 11.6 Å². The van der Waals surface area contributed by atoms with Crippen molar-refractivity contribution in [1.82, 2.24) is 0 Å². The second-order valence-electron chi connectivity index (χ2n) is 3.85. The monoisotopic (exact) mass is 250 g/mol. The van der Waals surface area contributed by atoms with Gasteiger partial charge < -0.3 is 4.74 Å². The predicted molar refractivity (Wildman–Crippen MR) is 66.9 cm³/mol. The smallest absolute Gasteiger partial charge is 0.141 e. The summed E-state index contributed by atoms with van der Waals surface area (Å²) in [5.74, 6) is 0.377. The number of benzene rings is 2. The van der Waals surface area contributed by atoms with E-state index in [0.717, 1.165) is 11.3 Å². The van der Waals surface area contributed by atoms with Crippen LogP contribution in [0.5, 0.6) is 5.75 Å². The molecule has 0 aliphatic carbocycles. The molecule has 0 unspecified atom stereocenters. The van der Waals surface area contributed by atoms with Crippen LogP contribution in [0.3, 0.4) is 0 Å². The summed E-state index contributed by atoms with van der Waals surface area (Å²) < 4.78 is 18.5. The molecule has 0 saturated heterocycles. The van der Waals surface area contributed by atoms with Gasteiger partial charge >= 0.3 is 0 Å². The number of hydrogen-bond acceptors (Lipinski definition) is 1. The summed E-state index contributed by atoms with van der Waals surface area (Å²) in [4.78, 5) is 0. The molecular weight excluding hydrogens is 239 g/mol. The first kappa shape index (κ1) is 11.9. The van der Waals surface area contributed by atoms with Gasteiger partial charge in [0, 0.05) is 0 Å². The lowest BCUT2D eigenvalue weighted by molar-refractivity contribution is 0.306. The van der Waals surface area contributed by atoms with Gasteiger partial charge in [-0.15, -0.1) is 0 Å². The molecule has 0 N–H and O–H groups in total. The molecule has 1 nitrogen and oxygen atoms in total. The van der Waals surface area contributed by atoms with E-state index in [1.807, 2.05) is 31.2 Å². The fourth-order valence-corrected chi connectivity index (χ4v) is 1.63. The van der Waals surface area contributed by atoms with E-state index in [2.05, 4.69) is 0 Å². The Balaban J connectivity index is 2.02. The molecule has 0 aliphatic rings. The van der Waals surface area contributed by atoms with Crippen LogP contribution in [-0.4, -0.2) is 0 Å². The molecule has 0 saturated carbocycles. The van der Waals surface area contributed by atoms with Crippen molar-refractivity contribution < 1.29 is 9.13 Å². The predicted octanol–water partition coefficient (Wildman–Crippen LogP) is 4.37. The molecule has 2 rings (SSSR count). The molecule has 0 amide bonds. The van der Waals surface area contributed by atoms with E-state index < -0.39 is 5.82 Å². The van der Waals surface area contributed by atoms with E-state index in [-0.39, 0.29) is 5.02 Å². The fourth-order valence-electron chi connectivity index (χ4n) is 1.43. The van der Waals surface area contributed by atoms with E-state index in [1.54, 1.807) is 12.1 Å². The largest absolute Gasteiger partial charge is 0.489 e. The van der Waals surface area contributed by atoms with Gasteiger partial charge in [-0.25, -0.2) is 4.39 Å². The Morgan fingerprint density at radius 2 is 1.82 bits per heavy atom. The third kappa shape index (κ3) is 3.21. The van der Waals surface area contributed by atoms with Gasteiger partial charge in [-0.05, 0) is 36.8 Å². The average Bonchev–Trinajstić information content (AvgIpc) is 2.33. The molecule has 2 aromatic carbocycles. The zero-order valence-corrected chi connectivity index (χ0v) is 10.2. The van der Waals surface area contributed by atoms with Crippen molar-refractivity contribution in [2.24, 2.45) is 0 Å². The normalized spacial score (nSPS) is 10.3. The molecule has 17 heavy (non-hydrogen) atoms. The Morgan fingerprint density at radius 3 is 2.47 bits per heavy atom. The van der Waals surface area contributed by atoms with Gasteiger partial charge in [-0.3, -0.25) is 0 Å². The van der Waals surface area contributed by atoms with Gasteiger partial charge in [0.25, 0.3) is 0 Å². The number of ether oxygens (including phenoxy) is 1. The van der Waals surface area contributed by atoms with Crippen molar-refractivity contribution in [3.8, 4) is 5.75 Å². The summed E-state index contributed by atoms with van der Waals surface area (Å²) in [6.07, 6.45) is 0. The van der Waals surface area contributed by atoms with Crippen LogP contribution in [0.15, 0.2) is 42.5 Å². The lowest BCUT2D eigenvalue weighted by Gasteiger charge is -2.07. The maximum atomic E-state index is 12.9.